The van der Waals surface area contributed by atoms with E-state index in [1.807, 2.05) is 48.1 Å². The average molecular weight is 225 g/mol. The number of hydrogen-bond acceptors (Lipinski definition) is 3. The van der Waals surface area contributed by atoms with Crippen LogP contribution in [0.5, 0.6) is 0 Å². The maximum Gasteiger partial charge on any atom is 0.158 e. The van der Waals surface area contributed by atoms with Crippen molar-refractivity contribution in [3.63, 3.8) is 0 Å². The molecule has 0 spiro atoms. The van der Waals surface area contributed by atoms with Gasteiger partial charge in [0, 0.05) is 19.5 Å². The quantitative estimate of drug-likeness (QED) is 0.806. The van der Waals surface area contributed by atoms with Gasteiger partial charge in [-0.15, -0.1) is 0 Å². The van der Waals surface area contributed by atoms with Gasteiger partial charge in [0.15, 0.2) is 5.15 Å². The highest BCUT2D eigenvalue weighted by atomic mass is 35.5. The van der Waals surface area contributed by atoms with Gasteiger partial charge in [0.25, 0.3) is 0 Å². The molecule has 0 amide bonds. The molecule has 0 aliphatic heterocycles. The summed E-state index contributed by atoms with van der Waals surface area (Å²) in [6.07, 6.45) is 0. The molecule has 1 N–H and O–H groups in total. The molecular formula is C10H13ClN4. The Morgan fingerprint density at radius 2 is 2.13 bits per heavy atom. The second kappa shape index (κ2) is 4.18. The molecule has 0 fully saturated rings. The monoisotopic (exact) mass is 224 g/mol. The van der Waals surface area contributed by atoms with Gasteiger partial charge in [0.1, 0.15) is 6.67 Å². The van der Waals surface area contributed by atoms with Crippen LogP contribution < -0.4 is 5.43 Å². The first-order valence-electron chi connectivity index (χ1n) is 4.70. The lowest BCUT2D eigenvalue weighted by Crippen LogP contribution is -2.32. The van der Waals surface area contributed by atoms with Crippen LogP contribution in [0.25, 0.3) is 10.9 Å². The summed E-state index contributed by atoms with van der Waals surface area (Å²) < 4.78 is 1.84. The van der Waals surface area contributed by atoms with Gasteiger partial charge in [0.05, 0.1) is 5.52 Å². The largest absolute Gasteiger partial charge is 0.249 e. The van der Waals surface area contributed by atoms with Crippen LogP contribution in [0, 0.1) is 0 Å². The van der Waals surface area contributed by atoms with Gasteiger partial charge in [-0.25, -0.2) is 15.1 Å². The Kier molecular flexibility index (Phi) is 2.90. The third-order valence-electron chi connectivity index (χ3n) is 2.15. The molecule has 0 unspecified atom stereocenters. The van der Waals surface area contributed by atoms with Crippen molar-refractivity contribution in [3.05, 3.63) is 29.4 Å². The molecule has 4 nitrogen and oxygen atoms in total. The van der Waals surface area contributed by atoms with E-state index in [-0.39, 0.29) is 0 Å². The number of aromatic nitrogens is 2. The molecule has 1 heterocycles. The standard InChI is InChI=1S/C10H13ClN4/c1-14(2)12-7-15-9-6-4-3-5-8(9)10(11)13-15/h3-6,12H,7H2,1-2H3. The van der Waals surface area contributed by atoms with Crippen LogP contribution in [0.2, 0.25) is 5.15 Å². The number of nitrogens with one attached hydrogen (secondary N) is 1. The SMILES string of the molecule is CN(C)NCn1nc(Cl)c2ccccc21. The Hall–Kier alpha value is -1.10. The van der Waals surface area contributed by atoms with E-state index in [4.69, 9.17) is 11.6 Å². The zero-order chi connectivity index (χ0) is 10.8. The molecule has 2 aromatic rings. The number of nitrogens with zero attached hydrogens (tertiary/aromatic N) is 3. The van der Waals surface area contributed by atoms with Crippen molar-refractivity contribution in [1.82, 2.24) is 20.2 Å². The van der Waals surface area contributed by atoms with Crippen molar-refractivity contribution in [3.8, 4) is 0 Å². The van der Waals surface area contributed by atoms with E-state index in [1.54, 1.807) is 0 Å². The zero-order valence-corrected chi connectivity index (χ0v) is 9.49. The average Bonchev–Trinajstić information content (AvgIpc) is 2.54. The van der Waals surface area contributed by atoms with Gasteiger partial charge in [-0.05, 0) is 12.1 Å². The molecule has 0 bridgehead atoms. The second-order valence-corrected chi connectivity index (χ2v) is 3.88. The van der Waals surface area contributed by atoms with E-state index in [0.717, 1.165) is 10.9 Å². The number of hydrogen-bond donors (Lipinski definition) is 1. The third-order valence-corrected chi connectivity index (χ3v) is 2.43. The smallest absolute Gasteiger partial charge is 0.158 e. The summed E-state index contributed by atoms with van der Waals surface area (Å²) in [6, 6.07) is 7.91. The minimum Gasteiger partial charge on any atom is -0.249 e. The summed E-state index contributed by atoms with van der Waals surface area (Å²) in [6.45, 7) is 0.611. The Morgan fingerprint density at radius 1 is 1.40 bits per heavy atom. The highest BCUT2D eigenvalue weighted by Crippen LogP contribution is 2.21. The number of para-hydroxylation sites is 1. The Labute approximate surface area is 93.4 Å². The molecule has 80 valence electrons. The molecule has 0 atom stereocenters. The van der Waals surface area contributed by atoms with Crippen molar-refractivity contribution in [2.75, 3.05) is 14.1 Å². The van der Waals surface area contributed by atoms with Gasteiger partial charge < -0.3 is 0 Å². The van der Waals surface area contributed by atoms with Crippen LogP contribution in [0.4, 0.5) is 0 Å². The van der Waals surface area contributed by atoms with Gasteiger partial charge >= 0.3 is 0 Å². The molecule has 1 aromatic heterocycles. The summed E-state index contributed by atoms with van der Waals surface area (Å²) in [7, 11) is 3.88. The molecule has 2 rings (SSSR count). The number of rotatable bonds is 3. The van der Waals surface area contributed by atoms with E-state index in [1.165, 1.54) is 0 Å². The summed E-state index contributed by atoms with van der Waals surface area (Å²) in [5, 5.41) is 7.67. The fraction of sp³-hybridized carbons (Fsp3) is 0.300. The fourth-order valence-electron chi connectivity index (χ4n) is 1.42. The van der Waals surface area contributed by atoms with Crippen molar-refractivity contribution in [2.45, 2.75) is 6.67 Å². The van der Waals surface area contributed by atoms with E-state index in [2.05, 4.69) is 10.5 Å². The minimum atomic E-state index is 0.547. The molecule has 0 aliphatic rings. The molecule has 15 heavy (non-hydrogen) atoms. The van der Waals surface area contributed by atoms with Crippen molar-refractivity contribution in [2.24, 2.45) is 0 Å². The maximum absolute atomic E-state index is 6.02. The first-order valence-corrected chi connectivity index (χ1v) is 5.08. The van der Waals surface area contributed by atoms with E-state index in [9.17, 15) is 0 Å². The van der Waals surface area contributed by atoms with Gasteiger partial charge in [0.2, 0.25) is 0 Å². The molecule has 0 saturated heterocycles. The van der Waals surface area contributed by atoms with Crippen LogP contribution in [-0.4, -0.2) is 28.9 Å². The maximum atomic E-state index is 6.02. The lowest BCUT2D eigenvalue weighted by molar-refractivity contribution is 0.251. The predicted molar refractivity (Wildman–Crippen MR) is 61.6 cm³/mol. The summed E-state index contributed by atoms with van der Waals surface area (Å²) in [4.78, 5) is 0. The molecule has 0 aliphatic carbocycles. The number of benzene rings is 1. The van der Waals surface area contributed by atoms with Crippen LogP contribution in [0.15, 0.2) is 24.3 Å². The van der Waals surface area contributed by atoms with Gasteiger partial charge in [-0.2, -0.15) is 5.10 Å². The lowest BCUT2D eigenvalue weighted by atomic mass is 10.3. The Balaban J connectivity index is 2.35. The summed E-state index contributed by atoms with van der Waals surface area (Å²) in [5.41, 5.74) is 4.18. The molecule has 5 heteroatoms. The highest BCUT2D eigenvalue weighted by molar-refractivity contribution is 6.34. The molecule has 1 aromatic carbocycles. The van der Waals surface area contributed by atoms with E-state index < -0.39 is 0 Å². The van der Waals surface area contributed by atoms with Gasteiger partial charge in [-0.3, -0.25) is 0 Å². The molecule has 0 radical (unpaired) electrons. The van der Waals surface area contributed by atoms with Crippen LogP contribution in [0.3, 0.4) is 0 Å². The second-order valence-electron chi connectivity index (χ2n) is 3.52. The highest BCUT2D eigenvalue weighted by Gasteiger charge is 2.06. The summed E-state index contributed by atoms with van der Waals surface area (Å²) >= 11 is 6.02. The molecule has 0 saturated carbocycles. The van der Waals surface area contributed by atoms with E-state index in [0.29, 0.717) is 11.8 Å². The number of fused-ring (bicyclic) bond motifs is 1. The van der Waals surface area contributed by atoms with Crippen LogP contribution in [-0.2, 0) is 6.67 Å². The lowest BCUT2D eigenvalue weighted by Gasteiger charge is -2.12. The van der Waals surface area contributed by atoms with Gasteiger partial charge in [-0.1, -0.05) is 23.7 Å². The predicted octanol–water partition coefficient (Wildman–Crippen LogP) is 1.71. The Morgan fingerprint density at radius 3 is 2.87 bits per heavy atom. The van der Waals surface area contributed by atoms with Crippen molar-refractivity contribution in [1.29, 1.82) is 0 Å². The topological polar surface area (TPSA) is 33.1 Å². The van der Waals surface area contributed by atoms with E-state index >= 15 is 0 Å². The Bertz CT molecular complexity index is 463. The minimum absolute atomic E-state index is 0.547. The first-order chi connectivity index (χ1) is 7.18. The van der Waals surface area contributed by atoms with Crippen LogP contribution >= 0.6 is 11.6 Å². The number of hydrazine groups is 1. The summed E-state index contributed by atoms with van der Waals surface area (Å²) in [5.74, 6) is 0. The molecular weight excluding hydrogens is 212 g/mol. The van der Waals surface area contributed by atoms with Crippen molar-refractivity contribution < 1.29 is 0 Å². The first kappa shape index (κ1) is 10.4. The number of halogens is 1. The normalized spacial score (nSPS) is 11.5. The fourth-order valence-corrected chi connectivity index (χ4v) is 1.67. The zero-order valence-electron chi connectivity index (χ0n) is 8.74. The van der Waals surface area contributed by atoms with Crippen molar-refractivity contribution >= 4 is 22.5 Å². The van der Waals surface area contributed by atoms with Crippen LogP contribution in [0.1, 0.15) is 0 Å². The third kappa shape index (κ3) is 2.12.